The highest BCUT2D eigenvalue weighted by Crippen LogP contribution is 2.28. The molecular weight excluding hydrogens is 236 g/mol. The van der Waals surface area contributed by atoms with Gasteiger partial charge in [0, 0.05) is 31.2 Å². The Morgan fingerprint density at radius 3 is 2.76 bits per heavy atom. The molecule has 0 fully saturated rings. The van der Waals surface area contributed by atoms with Gasteiger partial charge >= 0.3 is 0 Å². The van der Waals surface area contributed by atoms with Crippen molar-refractivity contribution < 1.29 is 4.42 Å². The van der Waals surface area contributed by atoms with E-state index in [4.69, 9.17) is 16.0 Å². The van der Waals surface area contributed by atoms with Gasteiger partial charge in [0.2, 0.25) is 0 Å². The molecular formula is C13H15ClN2O. The van der Waals surface area contributed by atoms with Crippen LogP contribution >= 0.6 is 11.6 Å². The first-order chi connectivity index (χ1) is 8.16. The predicted octanol–water partition coefficient (Wildman–Crippen LogP) is 3.61. The van der Waals surface area contributed by atoms with Crippen LogP contribution in [0.3, 0.4) is 0 Å². The third-order valence-corrected chi connectivity index (χ3v) is 2.74. The van der Waals surface area contributed by atoms with Crippen LogP contribution in [0.15, 0.2) is 41.2 Å². The topological polar surface area (TPSA) is 28.4 Å². The smallest absolute Gasteiger partial charge is 0.0952 e. The molecule has 0 amide bonds. The summed E-state index contributed by atoms with van der Waals surface area (Å²) in [5.41, 5.74) is 3.23. The second-order valence-corrected chi connectivity index (χ2v) is 4.48. The molecule has 0 aliphatic carbocycles. The number of furan rings is 1. The number of halogens is 1. The van der Waals surface area contributed by atoms with Crippen molar-refractivity contribution in [3.63, 3.8) is 0 Å². The summed E-state index contributed by atoms with van der Waals surface area (Å²) in [6.45, 7) is 0.720. The van der Waals surface area contributed by atoms with E-state index in [1.807, 2.05) is 43.3 Å². The van der Waals surface area contributed by atoms with E-state index in [-0.39, 0.29) is 0 Å². The third-order valence-electron chi connectivity index (χ3n) is 2.50. The number of anilines is 2. The molecule has 90 valence electrons. The molecule has 0 spiro atoms. The SMILES string of the molecule is CN(C)c1ccc(Cl)cc1NCc1ccoc1. The molecule has 2 rings (SSSR count). The van der Waals surface area contributed by atoms with Crippen molar-refractivity contribution in [2.45, 2.75) is 6.54 Å². The van der Waals surface area contributed by atoms with Crippen LogP contribution < -0.4 is 10.2 Å². The highest BCUT2D eigenvalue weighted by molar-refractivity contribution is 6.31. The molecule has 1 N–H and O–H groups in total. The average Bonchev–Trinajstić information content (AvgIpc) is 2.78. The quantitative estimate of drug-likeness (QED) is 0.899. The van der Waals surface area contributed by atoms with Crippen molar-refractivity contribution in [2.24, 2.45) is 0 Å². The zero-order chi connectivity index (χ0) is 12.3. The minimum Gasteiger partial charge on any atom is -0.472 e. The van der Waals surface area contributed by atoms with Crippen molar-refractivity contribution in [1.29, 1.82) is 0 Å². The highest BCUT2D eigenvalue weighted by Gasteiger charge is 2.05. The molecule has 2 aromatic rings. The van der Waals surface area contributed by atoms with Gasteiger partial charge in [-0.05, 0) is 24.3 Å². The molecule has 1 heterocycles. The van der Waals surface area contributed by atoms with E-state index < -0.39 is 0 Å². The summed E-state index contributed by atoms with van der Waals surface area (Å²) < 4.78 is 5.03. The highest BCUT2D eigenvalue weighted by atomic mass is 35.5. The summed E-state index contributed by atoms with van der Waals surface area (Å²) >= 11 is 6.01. The molecule has 1 aromatic heterocycles. The maximum atomic E-state index is 6.01. The lowest BCUT2D eigenvalue weighted by Gasteiger charge is -2.18. The molecule has 0 aliphatic rings. The van der Waals surface area contributed by atoms with Crippen LogP contribution in [-0.2, 0) is 6.54 Å². The van der Waals surface area contributed by atoms with Gasteiger partial charge in [-0.1, -0.05) is 11.6 Å². The monoisotopic (exact) mass is 250 g/mol. The fourth-order valence-electron chi connectivity index (χ4n) is 1.63. The lowest BCUT2D eigenvalue weighted by molar-refractivity contribution is 0.564. The molecule has 0 aliphatic heterocycles. The van der Waals surface area contributed by atoms with E-state index in [0.717, 1.165) is 28.5 Å². The van der Waals surface area contributed by atoms with Crippen molar-refractivity contribution in [1.82, 2.24) is 0 Å². The van der Waals surface area contributed by atoms with E-state index in [0.29, 0.717) is 0 Å². The van der Waals surface area contributed by atoms with E-state index in [9.17, 15) is 0 Å². The third kappa shape index (κ3) is 2.94. The zero-order valence-electron chi connectivity index (χ0n) is 9.90. The van der Waals surface area contributed by atoms with E-state index in [1.165, 1.54) is 0 Å². The predicted molar refractivity (Wildman–Crippen MR) is 71.8 cm³/mol. The van der Waals surface area contributed by atoms with Gasteiger partial charge in [-0.3, -0.25) is 0 Å². The molecule has 3 nitrogen and oxygen atoms in total. The fraction of sp³-hybridized carbons (Fsp3) is 0.231. The standard InChI is InChI=1S/C13H15ClN2O/c1-16(2)13-4-3-11(14)7-12(13)15-8-10-5-6-17-9-10/h3-7,9,15H,8H2,1-2H3. The molecule has 4 heteroatoms. The Hall–Kier alpha value is -1.61. The first-order valence-electron chi connectivity index (χ1n) is 5.38. The van der Waals surface area contributed by atoms with E-state index in [2.05, 4.69) is 5.32 Å². The maximum absolute atomic E-state index is 6.01. The zero-order valence-corrected chi connectivity index (χ0v) is 10.7. The first-order valence-corrected chi connectivity index (χ1v) is 5.76. The Bertz CT molecular complexity index is 480. The summed E-state index contributed by atoms with van der Waals surface area (Å²) in [5.74, 6) is 0. The van der Waals surface area contributed by atoms with Crippen molar-refractivity contribution in [3.05, 3.63) is 47.4 Å². The minimum atomic E-state index is 0.720. The minimum absolute atomic E-state index is 0.720. The van der Waals surface area contributed by atoms with Gasteiger partial charge in [0.15, 0.2) is 0 Å². The molecule has 0 saturated heterocycles. The summed E-state index contributed by atoms with van der Waals surface area (Å²) in [4.78, 5) is 2.05. The Morgan fingerprint density at radius 1 is 1.29 bits per heavy atom. The van der Waals surface area contributed by atoms with Crippen LogP contribution in [0.5, 0.6) is 0 Å². The summed E-state index contributed by atoms with van der Waals surface area (Å²) in [7, 11) is 4.01. The average molecular weight is 251 g/mol. The summed E-state index contributed by atoms with van der Waals surface area (Å²) in [6.07, 6.45) is 3.40. The molecule has 17 heavy (non-hydrogen) atoms. The van der Waals surface area contributed by atoms with Crippen molar-refractivity contribution in [2.75, 3.05) is 24.3 Å². The van der Waals surface area contributed by atoms with Gasteiger partial charge in [0.05, 0.1) is 23.9 Å². The largest absolute Gasteiger partial charge is 0.472 e. The lowest BCUT2D eigenvalue weighted by Crippen LogP contribution is -2.12. The molecule has 0 bridgehead atoms. The van der Waals surface area contributed by atoms with Gasteiger partial charge in [-0.15, -0.1) is 0 Å². The second kappa shape index (κ2) is 5.15. The van der Waals surface area contributed by atoms with Crippen LogP contribution in [0, 0.1) is 0 Å². The molecule has 1 aromatic carbocycles. The maximum Gasteiger partial charge on any atom is 0.0952 e. The van der Waals surface area contributed by atoms with Gasteiger partial charge < -0.3 is 14.6 Å². The number of hydrogen-bond acceptors (Lipinski definition) is 3. The van der Waals surface area contributed by atoms with Crippen LogP contribution in [0.1, 0.15) is 5.56 Å². The summed E-state index contributed by atoms with van der Waals surface area (Å²) in [5, 5.41) is 4.08. The van der Waals surface area contributed by atoms with Crippen molar-refractivity contribution >= 4 is 23.0 Å². The van der Waals surface area contributed by atoms with Crippen LogP contribution in [0.2, 0.25) is 5.02 Å². The van der Waals surface area contributed by atoms with Gasteiger partial charge in [-0.25, -0.2) is 0 Å². The molecule has 0 unspecified atom stereocenters. The number of nitrogens with one attached hydrogen (secondary N) is 1. The van der Waals surface area contributed by atoms with E-state index >= 15 is 0 Å². The Morgan fingerprint density at radius 2 is 2.12 bits per heavy atom. The number of benzene rings is 1. The Labute approximate surface area is 106 Å². The normalized spacial score (nSPS) is 10.3. The number of nitrogens with zero attached hydrogens (tertiary/aromatic N) is 1. The molecule has 0 radical (unpaired) electrons. The lowest BCUT2D eigenvalue weighted by atomic mass is 10.2. The Kier molecular flexibility index (Phi) is 3.59. The second-order valence-electron chi connectivity index (χ2n) is 4.04. The van der Waals surface area contributed by atoms with Crippen LogP contribution in [0.25, 0.3) is 0 Å². The number of rotatable bonds is 4. The van der Waals surface area contributed by atoms with E-state index in [1.54, 1.807) is 12.5 Å². The van der Waals surface area contributed by atoms with Crippen LogP contribution in [0.4, 0.5) is 11.4 Å². The van der Waals surface area contributed by atoms with Gasteiger partial charge in [-0.2, -0.15) is 0 Å². The molecule has 0 atom stereocenters. The first kappa shape index (κ1) is 11.9. The van der Waals surface area contributed by atoms with Crippen LogP contribution in [-0.4, -0.2) is 14.1 Å². The van der Waals surface area contributed by atoms with Gasteiger partial charge in [0.1, 0.15) is 0 Å². The Balaban J connectivity index is 2.16. The van der Waals surface area contributed by atoms with Crippen molar-refractivity contribution in [3.8, 4) is 0 Å². The molecule has 0 saturated carbocycles. The van der Waals surface area contributed by atoms with Gasteiger partial charge in [0.25, 0.3) is 0 Å². The fourth-order valence-corrected chi connectivity index (χ4v) is 1.80. The summed E-state index contributed by atoms with van der Waals surface area (Å²) in [6, 6.07) is 7.75. The number of hydrogen-bond donors (Lipinski definition) is 1.